The summed E-state index contributed by atoms with van der Waals surface area (Å²) in [6.45, 7) is 4.21. The zero-order valence-electron chi connectivity index (χ0n) is 20.4. The number of urea groups is 1. The number of Topliss-reactive ketones (excluding diaryl/α,β-unsaturated/α-hetero) is 2. The van der Waals surface area contributed by atoms with Gasteiger partial charge >= 0.3 is 25.0 Å². The fraction of sp³-hybridized carbons (Fsp3) is 0.542. The van der Waals surface area contributed by atoms with E-state index in [0.717, 1.165) is 4.90 Å². The molecular weight excluding hydrogens is 469 g/mol. The molecule has 4 amide bonds. The van der Waals surface area contributed by atoms with Crippen molar-refractivity contribution in [3.63, 3.8) is 0 Å². The fourth-order valence-corrected chi connectivity index (χ4v) is 4.95. The minimum absolute atomic E-state index is 0.0289. The minimum atomic E-state index is -1.32. The van der Waals surface area contributed by atoms with Gasteiger partial charge in [0, 0.05) is 38.5 Å². The van der Waals surface area contributed by atoms with Gasteiger partial charge in [-0.3, -0.25) is 24.1 Å². The topological polar surface area (TPSA) is 143 Å². The SMILES string of the molecule is CCN1CCN(C(=O)NC(C(=O)C[C@H]2Cc3cccc(C(C)=O)c3OB2O)C2CCCO2)C(=O)C1=O. The first-order valence-corrected chi connectivity index (χ1v) is 12.2. The number of ketones is 2. The van der Waals surface area contributed by atoms with Gasteiger partial charge in [-0.2, -0.15) is 0 Å². The molecule has 0 radical (unpaired) electrons. The molecule has 1 aromatic rings. The van der Waals surface area contributed by atoms with E-state index in [1.807, 2.05) is 0 Å². The van der Waals surface area contributed by atoms with Crippen LogP contribution in [0.4, 0.5) is 4.79 Å². The largest absolute Gasteiger partial charge is 0.535 e. The molecule has 3 aliphatic rings. The van der Waals surface area contributed by atoms with Gasteiger partial charge in [0.25, 0.3) is 0 Å². The van der Waals surface area contributed by atoms with Crippen LogP contribution < -0.4 is 9.97 Å². The Morgan fingerprint density at radius 3 is 2.67 bits per heavy atom. The summed E-state index contributed by atoms with van der Waals surface area (Å²) >= 11 is 0. The van der Waals surface area contributed by atoms with E-state index in [1.165, 1.54) is 11.8 Å². The van der Waals surface area contributed by atoms with Crippen LogP contribution in [0.15, 0.2) is 18.2 Å². The molecule has 2 saturated heterocycles. The molecule has 3 atom stereocenters. The Kier molecular flexibility index (Phi) is 7.75. The number of imide groups is 1. The van der Waals surface area contributed by atoms with E-state index in [1.54, 1.807) is 25.1 Å². The van der Waals surface area contributed by atoms with E-state index in [2.05, 4.69) is 5.32 Å². The molecule has 0 aromatic heterocycles. The van der Waals surface area contributed by atoms with Crippen LogP contribution in [0.5, 0.6) is 5.75 Å². The number of amides is 4. The van der Waals surface area contributed by atoms with Gasteiger partial charge in [-0.1, -0.05) is 12.1 Å². The second-order valence-electron chi connectivity index (χ2n) is 9.31. The number of rotatable bonds is 7. The number of nitrogens with one attached hydrogen (secondary N) is 1. The normalized spacial score (nSPS) is 22.7. The molecule has 0 bridgehead atoms. The minimum Gasteiger partial charge on any atom is -0.535 e. The summed E-state index contributed by atoms with van der Waals surface area (Å²) in [6.07, 6.45) is 0.866. The highest BCUT2D eigenvalue weighted by Crippen LogP contribution is 2.37. The quantitative estimate of drug-likeness (QED) is 0.315. The van der Waals surface area contributed by atoms with E-state index in [4.69, 9.17) is 9.39 Å². The molecule has 2 N–H and O–H groups in total. The summed E-state index contributed by atoms with van der Waals surface area (Å²) in [5.41, 5.74) is 1.07. The molecule has 192 valence electrons. The van der Waals surface area contributed by atoms with Crippen LogP contribution in [0.3, 0.4) is 0 Å². The summed E-state index contributed by atoms with van der Waals surface area (Å²) in [6, 6.07) is 3.25. The maximum absolute atomic E-state index is 13.4. The van der Waals surface area contributed by atoms with Crippen molar-refractivity contribution in [3.8, 4) is 5.75 Å². The molecule has 11 nitrogen and oxygen atoms in total. The number of piperazine rings is 1. The van der Waals surface area contributed by atoms with Crippen LogP contribution in [-0.2, 0) is 25.5 Å². The average molecular weight is 499 g/mol. The lowest BCUT2D eigenvalue weighted by molar-refractivity contribution is -0.153. The maximum Gasteiger partial charge on any atom is 0.526 e. The van der Waals surface area contributed by atoms with Crippen LogP contribution >= 0.6 is 0 Å². The van der Waals surface area contributed by atoms with Crippen molar-refractivity contribution in [1.29, 1.82) is 0 Å². The number of hydrogen-bond donors (Lipinski definition) is 2. The number of nitrogens with zero attached hydrogens (tertiary/aromatic N) is 2. The van der Waals surface area contributed by atoms with E-state index in [0.29, 0.717) is 49.3 Å². The number of para-hydroxylation sites is 1. The number of carbonyl (C=O) groups is 5. The van der Waals surface area contributed by atoms with Crippen LogP contribution in [0, 0.1) is 0 Å². The van der Waals surface area contributed by atoms with Crippen LogP contribution in [-0.4, -0.2) is 89.7 Å². The van der Waals surface area contributed by atoms with Gasteiger partial charge in [0.1, 0.15) is 11.8 Å². The Labute approximate surface area is 209 Å². The third-order valence-electron chi connectivity index (χ3n) is 6.96. The third-order valence-corrected chi connectivity index (χ3v) is 6.96. The van der Waals surface area contributed by atoms with Gasteiger partial charge in [-0.05, 0) is 44.7 Å². The first kappa shape index (κ1) is 25.8. The Bertz CT molecular complexity index is 1070. The van der Waals surface area contributed by atoms with Gasteiger partial charge in [0.2, 0.25) is 0 Å². The molecule has 3 aliphatic heterocycles. The lowest BCUT2D eigenvalue weighted by Gasteiger charge is -2.34. The Morgan fingerprint density at radius 1 is 1.22 bits per heavy atom. The lowest BCUT2D eigenvalue weighted by atomic mass is 9.64. The Morgan fingerprint density at radius 2 is 2.00 bits per heavy atom. The van der Waals surface area contributed by atoms with E-state index < -0.39 is 42.9 Å². The first-order chi connectivity index (χ1) is 17.2. The number of ether oxygens (including phenoxy) is 1. The smallest absolute Gasteiger partial charge is 0.526 e. The third kappa shape index (κ3) is 5.14. The van der Waals surface area contributed by atoms with Crippen molar-refractivity contribution in [3.05, 3.63) is 29.3 Å². The highest BCUT2D eigenvalue weighted by Gasteiger charge is 2.42. The highest BCUT2D eigenvalue weighted by molar-refractivity contribution is 6.47. The number of carbonyl (C=O) groups excluding carboxylic acids is 5. The molecule has 4 rings (SSSR count). The summed E-state index contributed by atoms with van der Waals surface area (Å²) in [4.78, 5) is 65.1. The maximum atomic E-state index is 13.4. The first-order valence-electron chi connectivity index (χ1n) is 12.2. The Hall–Kier alpha value is -3.25. The van der Waals surface area contributed by atoms with Gasteiger partial charge < -0.3 is 24.6 Å². The number of hydrogen-bond acceptors (Lipinski definition) is 8. The van der Waals surface area contributed by atoms with Gasteiger partial charge in [-0.25, -0.2) is 4.79 Å². The second kappa shape index (κ2) is 10.8. The van der Waals surface area contributed by atoms with Crippen molar-refractivity contribution in [2.45, 2.75) is 57.5 Å². The monoisotopic (exact) mass is 499 g/mol. The van der Waals surface area contributed by atoms with Gasteiger partial charge in [0.15, 0.2) is 11.6 Å². The van der Waals surface area contributed by atoms with Crippen LogP contribution in [0.2, 0.25) is 5.82 Å². The zero-order valence-corrected chi connectivity index (χ0v) is 20.4. The standard InChI is InChI=1S/C24H30BN3O8/c1-3-27-9-10-28(23(32)22(27)31)24(33)26-20(19-8-5-11-35-19)18(30)13-16-12-15-6-4-7-17(14(2)29)21(15)36-25(16)34/h4,6-7,16,19-20,34H,3,5,8-13H2,1-2H3,(H,26,33)/t16-,19?,20?/m1/s1. The molecule has 2 unspecified atom stereocenters. The van der Waals surface area contributed by atoms with E-state index in [-0.39, 0.29) is 31.1 Å². The number of benzene rings is 1. The van der Waals surface area contributed by atoms with E-state index >= 15 is 0 Å². The Balaban J connectivity index is 1.47. The summed E-state index contributed by atoms with van der Waals surface area (Å²) in [5, 5.41) is 13.2. The molecule has 0 saturated carbocycles. The second-order valence-corrected chi connectivity index (χ2v) is 9.31. The molecule has 36 heavy (non-hydrogen) atoms. The van der Waals surface area contributed by atoms with Crippen molar-refractivity contribution in [1.82, 2.24) is 15.1 Å². The van der Waals surface area contributed by atoms with Gasteiger partial charge in [0.05, 0.1) is 11.7 Å². The number of fused-ring (bicyclic) bond motifs is 1. The fourth-order valence-electron chi connectivity index (χ4n) is 4.95. The predicted octanol–water partition coefficient (Wildman–Crippen LogP) is 0.582. The summed E-state index contributed by atoms with van der Waals surface area (Å²) < 4.78 is 11.3. The summed E-state index contributed by atoms with van der Waals surface area (Å²) in [5.74, 6) is -2.55. The van der Waals surface area contributed by atoms with Crippen molar-refractivity contribution in [2.75, 3.05) is 26.2 Å². The van der Waals surface area contributed by atoms with Crippen LogP contribution in [0.25, 0.3) is 0 Å². The van der Waals surface area contributed by atoms with E-state index in [9.17, 15) is 29.0 Å². The zero-order chi connectivity index (χ0) is 26.0. The molecule has 12 heteroatoms. The molecule has 3 heterocycles. The molecule has 0 aliphatic carbocycles. The summed E-state index contributed by atoms with van der Waals surface area (Å²) in [7, 11) is -1.32. The van der Waals surface area contributed by atoms with Gasteiger partial charge in [-0.15, -0.1) is 0 Å². The molecule has 2 fully saturated rings. The van der Waals surface area contributed by atoms with Crippen LogP contribution in [0.1, 0.15) is 49.0 Å². The molecular formula is C24H30BN3O8. The molecule has 0 spiro atoms. The van der Waals surface area contributed by atoms with Crippen molar-refractivity contribution < 1.29 is 38.4 Å². The predicted molar refractivity (Wildman–Crippen MR) is 127 cm³/mol. The number of likely N-dealkylation sites (N-methyl/N-ethyl adjacent to an activating group) is 1. The lowest BCUT2D eigenvalue weighted by Crippen LogP contribution is -2.61. The molecule has 1 aromatic carbocycles. The average Bonchev–Trinajstić information content (AvgIpc) is 3.38. The van der Waals surface area contributed by atoms with Crippen molar-refractivity contribution >= 4 is 36.5 Å². The van der Waals surface area contributed by atoms with Crippen molar-refractivity contribution in [2.24, 2.45) is 0 Å². The highest BCUT2D eigenvalue weighted by atomic mass is 16.5.